The van der Waals surface area contributed by atoms with Gasteiger partial charge >= 0.3 is 0 Å². The number of H-pyrrole nitrogens is 1. The van der Waals surface area contributed by atoms with E-state index in [0.717, 1.165) is 11.0 Å². The molecule has 1 N–H and O–H groups in total. The van der Waals surface area contributed by atoms with Gasteiger partial charge in [0, 0.05) is 5.39 Å². The van der Waals surface area contributed by atoms with Gasteiger partial charge in [0.1, 0.15) is 0 Å². The minimum atomic E-state index is 0.982. The number of aromatic amines is 1. The van der Waals surface area contributed by atoms with E-state index in [4.69, 9.17) is 0 Å². The van der Waals surface area contributed by atoms with E-state index in [2.05, 4.69) is 19.4 Å². The molecule has 1 aromatic heterocycles. The van der Waals surface area contributed by atoms with Crippen LogP contribution in [0.2, 0.25) is 0 Å². The van der Waals surface area contributed by atoms with Crippen molar-refractivity contribution in [3.63, 3.8) is 0 Å². The molecule has 0 aliphatic carbocycles. The van der Waals surface area contributed by atoms with Crippen LogP contribution < -0.4 is 5.44 Å². The maximum Gasteiger partial charge on any atom is 0.0864 e. The zero-order chi connectivity index (χ0) is 6.97. The molecule has 0 amide bonds. The molecule has 3 heteroatoms. The number of para-hydroxylation sites is 1. The number of aromatic nitrogens is 2. The van der Waals surface area contributed by atoms with E-state index in [-0.39, 0.29) is 0 Å². The molecule has 0 spiro atoms. The molecule has 0 saturated heterocycles. The van der Waals surface area contributed by atoms with Crippen molar-refractivity contribution >= 4 is 25.6 Å². The van der Waals surface area contributed by atoms with Crippen LogP contribution in [-0.4, -0.2) is 10.2 Å². The highest BCUT2D eigenvalue weighted by molar-refractivity contribution is 7.27. The predicted molar refractivity (Wildman–Crippen MR) is 45.4 cm³/mol. The first-order chi connectivity index (χ1) is 4.88. The summed E-state index contributed by atoms with van der Waals surface area (Å²) in [7, 11) is 2.59. The molecule has 1 aromatic carbocycles. The quantitative estimate of drug-likeness (QED) is 0.559. The molecule has 2 aromatic rings. The summed E-state index contributed by atoms with van der Waals surface area (Å²) in [5, 5.41) is 8.12. The zero-order valence-corrected chi connectivity index (χ0v) is 6.49. The van der Waals surface area contributed by atoms with Crippen LogP contribution >= 0.6 is 9.24 Å². The third kappa shape index (κ3) is 0.729. The summed E-state index contributed by atoms with van der Waals surface area (Å²) in [6, 6.07) is 8.05. The van der Waals surface area contributed by atoms with Crippen LogP contribution in [0.1, 0.15) is 0 Å². The summed E-state index contributed by atoms with van der Waals surface area (Å²) in [6.45, 7) is 0. The highest BCUT2D eigenvalue weighted by Crippen LogP contribution is 2.08. The van der Waals surface area contributed by atoms with Gasteiger partial charge in [0.05, 0.1) is 11.0 Å². The third-order valence-corrected chi connectivity index (χ3v) is 1.94. The molecular weight excluding hydrogens is 143 g/mol. The van der Waals surface area contributed by atoms with Gasteiger partial charge in [-0.25, -0.2) is 0 Å². The fraction of sp³-hybridized carbons (Fsp3) is 0. The second kappa shape index (κ2) is 2.06. The summed E-state index contributed by atoms with van der Waals surface area (Å²) in [5.74, 6) is 0. The molecule has 2 rings (SSSR count). The maximum absolute atomic E-state index is 4.03. The van der Waals surface area contributed by atoms with E-state index in [1.165, 1.54) is 5.39 Å². The van der Waals surface area contributed by atoms with Crippen molar-refractivity contribution in [3.8, 4) is 0 Å². The van der Waals surface area contributed by atoms with Gasteiger partial charge in [-0.2, -0.15) is 5.10 Å². The Labute approximate surface area is 60.8 Å². The number of benzene rings is 1. The summed E-state index contributed by atoms with van der Waals surface area (Å²) in [5.41, 5.74) is 2.07. The molecule has 1 unspecified atom stereocenters. The van der Waals surface area contributed by atoms with Crippen molar-refractivity contribution in [1.29, 1.82) is 0 Å². The number of rotatable bonds is 0. The molecular formula is C7H7N2P. The van der Waals surface area contributed by atoms with E-state index in [0.29, 0.717) is 0 Å². The highest BCUT2D eigenvalue weighted by Gasteiger charge is 1.96. The molecule has 0 fully saturated rings. The zero-order valence-electron chi connectivity index (χ0n) is 5.33. The summed E-state index contributed by atoms with van der Waals surface area (Å²) >= 11 is 0. The monoisotopic (exact) mass is 150 g/mol. The molecule has 0 saturated carbocycles. The lowest BCUT2D eigenvalue weighted by atomic mass is 10.3. The van der Waals surface area contributed by atoms with Crippen molar-refractivity contribution in [1.82, 2.24) is 10.2 Å². The van der Waals surface area contributed by atoms with Gasteiger partial charge < -0.3 is 0 Å². The number of nitrogens with one attached hydrogen (secondary N) is 1. The van der Waals surface area contributed by atoms with Gasteiger partial charge in [0.2, 0.25) is 0 Å². The van der Waals surface area contributed by atoms with E-state index in [1.54, 1.807) is 0 Å². The second-order valence-corrected chi connectivity index (χ2v) is 2.70. The molecule has 0 aliphatic rings. The third-order valence-electron chi connectivity index (χ3n) is 1.50. The first kappa shape index (κ1) is 5.87. The van der Waals surface area contributed by atoms with E-state index in [1.807, 2.05) is 24.3 Å². The first-order valence-corrected chi connectivity index (χ1v) is 3.64. The lowest BCUT2D eigenvalue weighted by molar-refractivity contribution is 1.15. The van der Waals surface area contributed by atoms with Crippen LogP contribution in [0.3, 0.4) is 0 Å². The van der Waals surface area contributed by atoms with Crippen molar-refractivity contribution in [2.24, 2.45) is 0 Å². The first-order valence-electron chi connectivity index (χ1n) is 3.06. The van der Waals surface area contributed by atoms with Crippen LogP contribution in [0.25, 0.3) is 10.9 Å². The largest absolute Gasteiger partial charge is 0.277 e. The summed E-state index contributed by atoms with van der Waals surface area (Å²) in [6.07, 6.45) is 0. The topological polar surface area (TPSA) is 28.7 Å². The average molecular weight is 150 g/mol. The Morgan fingerprint density at radius 1 is 1.30 bits per heavy atom. The Kier molecular flexibility index (Phi) is 1.21. The van der Waals surface area contributed by atoms with Crippen LogP contribution in [0.15, 0.2) is 24.3 Å². The normalized spacial score (nSPS) is 10.5. The Hall–Kier alpha value is -0.880. The number of nitrogens with zero attached hydrogens (tertiary/aromatic N) is 1. The van der Waals surface area contributed by atoms with Crippen molar-refractivity contribution < 1.29 is 0 Å². The van der Waals surface area contributed by atoms with Gasteiger partial charge in [-0.05, 0) is 6.07 Å². The molecule has 1 atom stereocenters. The summed E-state index contributed by atoms with van der Waals surface area (Å²) in [4.78, 5) is 0. The Bertz CT molecular complexity index is 353. The molecule has 50 valence electrons. The van der Waals surface area contributed by atoms with Crippen LogP contribution in [-0.2, 0) is 0 Å². The van der Waals surface area contributed by atoms with E-state index >= 15 is 0 Å². The van der Waals surface area contributed by atoms with E-state index in [9.17, 15) is 0 Å². The van der Waals surface area contributed by atoms with Crippen LogP contribution in [0.4, 0.5) is 0 Å². The summed E-state index contributed by atoms with van der Waals surface area (Å²) < 4.78 is 0. The van der Waals surface area contributed by atoms with Gasteiger partial charge in [0.15, 0.2) is 0 Å². The molecule has 2 nitrogen and oxygen atoms in total. The number of hydrogen-bond acceptors (Lipinski definition) is 1. The molecule has 10 heavy (non-hydrogen) atoms. The molecule has 0 bridgehead atoms. The van der Waals surface area contributed by atoms with Crippen molar-refractivity contribution in [2.45, 2.75) is 0 Å². The van der Waals surface area contributed by atoms with Crippen molar-refractivity contribution in [2.75, 3.05) is 0 Å². The number of hydrogen-bond donors (Lipinski definition) is 1. The SMILES string of the molecule is Pc1n[nH]c2ccccc12. The highest BCUT2D eigenvalue weighted by atomic mass is 31.0. The van der Waals surface area contributed by atoms with Gasteiger partial charge in [-0.15, -0.1) is 0 Å². The standard InChI is InChI=1S/C7H7N2P/c10-7-5-3-1-2-4-6(5)8-9-7/h1-4H,10H2,(H,8,9). The number of fused-ring (bicyclic) bond motifs is 1. The van der Waals surface area contributed by atoms with E-state index < -0.39 is 0 Å². The van der Waals surface area contributed by atoms with Crippen LogP contribution in [0, 0.1) is 0 Å². The van der Waals surface area contributed by atoms with Crippen LogP contribution in [0.5, 0.6) is 0 Å². The smallest absolute Gasteiger partial charge is 0.0864 e. The molecule has 0 aliphatic heterocycles. The van der Waals surface area contributed by atoms with Gasteiger partial charge in [-0.3, -0.25) is 5.10 Å². The lowest BCUT2D eigenvalue weighted by Gasteiger charge is -1.84. The second-order valence-electron chi connectivity index (χ2n) is 2.15. The minimum absolute atomic E-state index is 0.982. The predicted octanol–water partition coefficient (Wildman–Crippen LogP) is 1.06. The maximum atomic E-state index is 4.03. The van der Waals surface area contributed by atoms with Gasteiger partial charge in [0.25, 0.3) is 0 Å². The molecule has 1 heterocycles. The Balaban J connectivity index is 2.93. The lowest BCUT2D eigenvalue weighted by Crippen LogP contribution is -1.88. The Morgan fingerprint density at radius 3 is 2.90 bits per heavy atom. The average Bonchev–Trinajstić information content (AvgIpc) is 2.34. The molecule has 0 radical (unpaired) electrons. The van der Waals surface area contributed by atoms with Crippen molar-refractivity contribution in [3.05, 3.63) is 24.3 Å². The minimum Gasteiger partial charge on any atom is -0.277 e. The fourth-order valence-corrected chi connectivity index (χ4v) is 1.30. The fourth-order valence-electron chi connectivity index (χ4n) is 0.985. The Morgan fingerprint density at radius 2 is 2.10 bits per heavy atom. The van der Waals surface area contributed by atoms with Gasteiger partial charge in [-0.1, -0.05) is 27.4 Å².